The molecule has 0 radical (unpaired) electrons. The average Bonchev–Trinajstić information content (AvgIpc) is 2.55. The van der Waals surface area contributed by atoms with Gasteiger partial charge in [0.25, 0.3) is 5.69 Å². The van der Waals surface area contributed by atoms with Gasteiger partial charge in [-0.25, -0.2) is 0 Å². The van der Waals surface area contributed by atoms with Crippen molar-refractivity contribution in [2.24, 2.45) is 0 Å². The molecule has 3 aromatic carbocycles. The predicted molar refractivity (Wildman–Crippen MR) is 96.9 cm³/mol. The molecular weight excluding hydrogens is 310 g/mol. The Kier molecular flexibility index (Phi) is 4.16. The highest BCUT2D eigenvalue weighted by Gasteiger charge is 2.06. The molecule has 2 N–H and O–H groups in total. The summed E-state index contributed by atoms with van der Waals surface area (Å²) in [6.45, 7) is 0. The molecule has 0 amide bonds. The molecule has 0 heterocycles. The van der Waals surface area contributed by atoms with E-state index in [1.807, 2.05) is 42.5 Å². The zero-order valence-corrected chi connectivity index (χ0v) is 12.8. The standard InChI is InChI=1S/C17H13N3O2S/c21-20(22)16-7-3-6-14(11-16)18-17(23)19-15-9-8-12-4-1-2-5-13(12)10-15/h1-11H,(H2,18,19,23). The number of hydrogen-bond donors (Lipinski definition) is 2. The van der Waals surface area contributed by atoms with E-state index in [1.54, 1.807) is 12.1 Å². The van der Waals surface area contributed by atoms with Gasteiger partial charge in [-0.1, -0.05) is 36.4 Å². The molecule has 3 rings (SSSR count). The first-order chi connectivity index (χ1) is 11.1. The first kappa shape index (κ1) is 14.9. The summed E-state index contributed by atoms with van der Waals surface area (Å²) in [6, 6.07) is 20.2. The van der Waals surface area contributed by atoms with Crippen molar-refractivity contribution >= 4 is 45.2 Å². The molecule has 0 aliphatic heterocycles. The van der Waals surface area contributed by atoms with E-state index in [0.29, 0.717) is 10.8 Å². The summed E-state index contributed by atoms with van der Waals surface area (Å²) >= 11 is 5.26. The summed E-state index contributed by atoms with van der Waals surface area (Å²) in [5.41, 5.74) is 1.44. The van der Waals surface area contributed by atoms with Crippen molar-refractivity contribution in [3.8, 4) is 0 Å². The minimum absolute atomic E-state index is 0.0171. The molecule has 5 nitrogen and oxygen atoms in total. The van der Waals surface area contributed by atoms with Crippen LogP contribution in [0.5, 0.6) is 0 Å². The number of rotatable bonds is 3. The van der Waals surface area contributed by atoms with Crippen LogP contribution in [-0.2, 0) is 0 Å². The molecule has 3 aromatic rings. The van der Waals surface area contributed by atoms with Gasteiger partial charge in [-0.2, -0.15) is 0 Å². The summed E-state index contributed by atoms with van der Waals surface area (Å²) in [6.07, 6.45) is 0. The monoisotopic (exact) mass is 323 g/mol. The van der Waals surface area contributed by atoms with E-state index in [4.69, 9.17) is 12.2 Å². The van der Waals surface area contributed by atoms with Gasteiger partial charge in [0.2, 0.25) is 0 Å². The minimum atomic E-state index is -0.439. The molecule has 0 atom stereocenters. The van der Waals surface area contributed by atoms with Crippen LogP contribution in [0.15, 0.2) is 66.7 Å². The third-order valence-electron chi connectivity index (χ3n) is 3.32. The summed E-state index contributed by atoms with van der Waals surface area (Å²) in [7, 11) is 0. The van der Waals surface area contributed by atoms with Gasteiger partial charge in [0.05, 0.1) is 4.92 Å². The number of thiocarbonyl (C=S) groups is 1. The molecule has 0 saturated heterocycles. The lowest BCUT2D eigenvalue weighted by Crippen LogP contribution is -2.19. The van der Waals surface area contributed by atoms with Crippen molar-refractivity contribution < 1.29 is 4.92 Å². The van der Waals surface area contributed by atoms with E-state index in [-0.39, 0.29) is 5.69 Å². The van der Waals surface area contributed by atoms with Crippen LogP contribution in [-0.4, -0.2) is 10.0 Å². The highest BCUT2D eigenvalue weighted by molar-refractivity contribution is 7.80. The van der Waals surface area contributed by atoms with Crippen LogP contribution in [0.1, 0.15) is 0 Å². The van der Waals surface area contributed by atoms with Crippen molar-refractivity contribution in [2.75, 3.05) is 10.6 Å². The van der Waals surface area contributed by atoms with Gasteiger partial charge in [0.1, 0.15) is 0 Å². The second-order valence-electron chi connectivity index (χ2n) is 4.95. The van der Waals surface area contributed by atoms with Gasteiger partial charge in [0, 0.05) is 23.5 Å². The first-order valence-corrected chi connectivity index (χ1v) is 7.34. The van der Waals surface area contributed by atoms with Crippen LogP contribution in [0.25, 0.3) is 10.8 Å². The van der Waals surface area contributed by atoms with Gasteiger partial charge in [-0.3, -0.25) is 10.1 Å². The van der Waals surface area contributed by atoms with E-state index in [9.17, 15) is 10.1 Å². The number of nitrogens with zero attached hydrogens (tertiary/aromatic N) is 1. The Bertz CT molecular complexity index is 896. The molecule has 0 bridgehead atoms. The molecule has 0 aliphatic rings. The minimum Gasteiger partial charge on any atom is -0.332 e. The number of nitrogens with one attached hydrogen (secondary N) is 2. The fraction of sp³-hybridized carbons (Fsp3) is 0. The Balaban J connectivity index is 1.73. The van der Waals surface area contributed by atoms with Gasteiger partial charge >= 0.3 is 0 Å². The Morgan fingerprint density at radius 2 is 1.57 bits per heavy atom. The molecule has 0 fully saturated rings. The zero-order chi connectivity index (χ0) is 16.2. The van der Waals surface area contributed by atoms with Gasteiger partial charge in [-0.15, -0.1) is 0 Å². The highest BCUT2D eigenvalue weighted by atomic mass is 32.1. The number of non-ortho nitro benzene ring substituents is 1. The smallest absolute Gasteiger partial charge is 0.271 e. The molecule has 0 unspecified atom stereocenters. The van der Waals surface area contributed by atoms with Crippen molar-refractivity contribution in [3.63, 3.8) is 0 Å². The lowest BCUT2D eigenvalue weighted by atomic mass is 10.1. The number of nitro groups is 1. The fourth-order valence-corrected chi connectivity index (χ4v) is 2.49. The second-order valence-corrected chi connectivity index (χ2v) is 5.36. The highest BCUT2D eigenvalue weighted by Crippen LogP contribution is 2.20. The summed E-state index contributed by atoms with van der Waals surface area (Å²) in [4.78, 5) is 10.3. The normalized spacial score (nSPS) is 10.3. The molecule has 114 valence electrons. The largest absolute Gasteiger partial charge is 0.332 e. The fourth-order valence-electron chi connectivity index (χ4n) is 2.26. The SMILES string of the molecule is O=[N+]([O-])c1cccc(NC(=S)Nc2ccc3ccccc3c2)c1. The summed E-state index contributed by atoms with van der Waals surface area (Å²) in [5, 5.41) is 19.4. The number of nitro benzene ring substituents is 1. The Morgan fingerprint density at radius 1 is 0.870 bits per heavy atom. The molecule has 0 aliphatic carbocycles. The predicted octanol–water partition coefficient (Wildman–Crippen LogP) is 4.56. The van der Waals surface area contributed by atoms with Gasteiger partial charge < -0.3 is 10.6 Å². The van der Waals surface area contributed by atoms with E-state index < -0.39 is 4.92 Å². The average molecular weight is 323 g/mol. The second kappa shape index (κ2) is 6.41. The third kappa shape index (κ3) is 3.61. The van der Waals surface area contributed by atoms with E-state index in [0.717, 1.165) is 16.5 Å². The number of hydrogen-bond acceptors (Lipinski definition) is 3. The maximum Gasteiger partial charge on any atom is 0.271 e. The van der Waals surface area contributed by atoms with Crippen LogP contribution in [0, 0.1) is 10.1 Å². The summed E-state index contributed by atoms with van der Waals surface area (Å²) < 4.78 is 0. The van der Waals surface area contributed by atoms with Crippen LogP contribution in [0.3, 0.4) is 0 Å². The van der Waals surface area contributed by atoms with Crippen LogP contribution in [0.2, 0.25) is 0 Å². The maximum absolute atomic E-state index is 10.8. The molecule has 0 aromatic heterocycles. The number of benzene rings is 3. The first-order valence-electron chi connectivity index (χ1n) is 6.93. The third-order valence-corrected chi connectivity index (χ3v) is 3.53. The van der Waals surface area contributed by atoms with E-state index >= 15 is 0 Å². The molecule has 6 heteroatoms. The van der Waals surface area contributed by atoms with Crippen LogP contribution >= 0.6 is 12.2 Å². The van der Waals surface area contributed by atoms with Crippen molar-refractivity contribution in [3.05, 3.63) is 76.8 Å². The lowest BCUT2D eigenvalue weighted by molar-refractivity contribution is -0.384. The van der Waals surface area contributed by atoms with Gasteiger partial charge in [0.15, 0.2) is 5.11 Å². The van der Waals surface area contributed by atoms with E-state index in [1.165, 1.54) is 12.1 Å². The quantitative estimate of drug-likeness (QED) is 0.420. The van der Waals surface area contributed by atoms with Crippen molar-refractivity contribution in [2.45, 2.75) is 0 Å². The molecule has 23 heavy (non-hydrogen) atoms. The maximum atomic E-state index is 10.8. The van der Waals surface area contributed by atoms with Crippen LogP contribution in [0.4, 0.5) is 17.1 Å². The van der Waals surface area contributed by atoms with Crippen molar-refractivity contribution in [1.82, 2.24) is 0 Å². The van der Waals surface area contributed by atoms with Crippen LogP contribution < -0.4 is 10.6 Å². The number of fused-ring (bicyclic) bond motifs is 1. The topological polar surface area (TPSA) is 67.2 Å². The molecule has 0 spiro atoms. The lowest BCUT2D eigenvalue weighted by Gasteiger charge is -2.11. The Morgan fingerprint density at radius 3 is 2.30 bits per heavy atom. The van der Waals surface area contributed by atoms with E-state index in [2.05, 4.69) is 10.6 Å². The Labute approximate surface area is 138 Å². The molecular formula is C17H13N3O2S. The molecule has 0 saturated carbocycles. The Hall–Kier alpha value is -2.99. The summed E-state index contributed by atoms with van der Waals surface area (Å²) in [5.74, 6) is 0. The number of anilines is 2. The zero-order valence-electron chi connectivity index (χ0n) is 12.0. The van der Waals surface area contributed by atoms with Gasteiger partial charge in [-0.05, 0) is 41.2 Å². The van der Waals surface area contributed by atoms with Crippen molar-refractivity contribution in [1.29, 1.82) is 0 Å².